The highest BCUT2D eigenvalue weighted by Gasteiger charge is 2.38. The first-order valence-corrected chi connectivity index (χ1v) is 4.82. The number of halogens is 4. The molecule has 0 radical (unpaired) electrons. The standard InChI is InChI=1S/C9H6ClF3N4/c10-5-3-1-2-4-6(5)17-15-7(8(14)16-17)9(11,12)13/h1-4H,(H2,14,16). The van der Waals surface area contributed by atoms with Crippen LogP contribution in [0.3, 0.4) is 0 Å². The van der Waals surface area contributed by atoms with Crippen molar-refractivity contribution < 1.29 is 13.2 Å². The van der Waals surface area contributed by atoms with E-state index in [0.29, 0.717) is 0 Å². The van der Waals surface area contributed by atoms with Gasteiger partial charge in [0.2, 0.25) is 5.69 Å². The predicted molar refractivity (Wildman–Crippen MR) is 55.8 cm³/mol. The average Bonchev–Trinajstić information content (AvgIpc) is 2.60. The molecule has 4 nitrogen and oxygen atoms in total. The van der Waals surface area contributed by atoms with Crippen molar-refractivity contribution in [3.05, 3.63) is 35.0 Å². The lowest BCUT2D eigenvalue weighted by molar-refractivity contribution is -0.140. The zero-order chi connectivity index (χ0) is 12.6. The number of nitrogen functional groups attached to an aromatic ring is 1. The highest BCUT2D eigenvalue weighted by atomic mass is 35.5. The number of benzene rings is 1. The third kappa shape index (κ3) is 2.19. The summed E-state index contributed by atoms with van der Waals surface area (Å²) >= 11 is 5.81. The van der Waals surface area contributed by atoms with E-state index >= 15 is 0 Å². The number of hydrogen-bond donors (Lipinski definition) is 1. The molecule has 1 heterocycles. The summed E-state index contributed by atoms with van der Waals surface area (Å²) < 4.78 is 37.3. The van der Waals surface area contributed by atoms with Crippen LogP contribution >= 0.6 is 11.6 Å². The largest absolute Gasteiger partial charge is 0.438 e. The fourth-order valence-corrected chi connectivity index (χ4v) is 1.45. The van der Waals surface area contributed by atoms with Gasteiger partial charge in [0.15, 0.2) is 5.82 Å². The van der Waals surface area contributed by atoms with Gasteiger partial charge in [0.25, 0.3) is 0 Å². The maximum absolute atomic E-state index is 12.4. The van der Waals surface area contributed by atoms with Crippen LogP contribution in [0.2, 0.25) is 5.02 Å². The number of anilines is 1. The number of aromatic nitrogens is 3. The van der Waals surface area contributed by atoms with E-state index in [1.165, 1.54) is 12.1 Å². The molecular weight excluding hydrogens is 257 g/mol. The van der Waals surface area contributed by atoms with Crippen molar-refractivity contribution >= 4 is 17.4 Å². The molecule has 1 aromatic carbocycles. The Hall–Kier alpha value is -1.76. The third-order valence-corrected chi connectivity index (χ3v) is 2.30. The molecule has 0 aliphatic heterocycles. The monoisotopic (exact) mass is 262 g/mol. The van der Waals surface area contributed by atoms with Gasteiger partial charge in [-0.25, -0.2) is 0 Å². The van der Waals surface area contributed by atoms with Crippen molar-refractivity contribution in [2.75, 3.05) is 5.73 Å². The fraction of sp³-hybridized carbons (Fsp3) is 0.111. The highest BCUT2D eigenvalue weighted by molar-refractivity contribution is 6.32. The van der Waals surface area contributed by atoms with Crippen molar-refractivity contribution in [3.8, 4) is 5.69 Å². The van der Waals surface area contributed by atoms with Crippen molar-refractivity contribution in [2.45, 2.75) is 6.18 Å². The summed E-state index contributed by atoms with van der Waals surface area (Å²) in [6.07, 6.45) is -4.64. The van der Waals surface area contributed by atoms with Gasteiger partial charge < -0.3 is 5.73 Å². The minimum absolute atomic E-state index is 0.233. The van der Waals surface area contributed by atoms with E-state index in [1.54, 1.807) is 12.1 Å². The Bertz CT molecular complexity index is 549. The summed E-state index contributed by atoms with van der Waals surface area (Å²) in [6.45, 7) is 0. The third-order valence-electron chi connectivity index (χ3n) is 1.98. The quantitative estimate of drug-likeness (QED) is 0.859. The Morgan fingerprint density at radius 2 is 1.82 bits per heavy atom. The van der Waals surface area contributed by atoms with Gasteiger partial charge in [-0.1, -0.05) is 23.7 Å². The van der Waals surface area contributed by atoms with Gasteiger partial charge in [-0.2, -0.15) is 13.2 Å². The second-order valence-electron chi connectivity index (χ2n) is 3.17. The van der Waals surface area contributed by atoms with Gasteiger partial charge in [-0.3, -0.25) is 0 Å². The molecule has 90 valence electrons. The SMILES string of the molecule is Nc1nn(-c2ccccc2Cl)nc1C(F)(F)F. The van der Waals surface area contributed by atoms with Crippen LogP contribution in [0.1, 0.15) is 5.69 Å². The molecule has 0 saturated heterocycles. The molecule has 0 unspecified atom stereocenters. The molecule has 0 bridgehead atoms. The molecule has 1 aromatic heterocycles. The number of para-hydroxylation sites is 1. The van der Waals surface area contributed by atoms with Crippen LogP contribution in [0.15, 0.2) is 24.3 Å². The van der Waals surface area contributed by atoms with Crippen molar-refractivity contribution in [1.82, 2.24) is 15.0 Å². The topological polar surface area (TPSA) is 56.7 Å². The summed E-state index contributed by atoms with van der Waals surface area (Å²) in [6, 6.07) is 6.25. The number of rotatable bonds is 1. The average molecular weight is 263 g/mol. The highest BCUT2D eigenvalue weighted by Crippen LogP contribution is 2.31. The van der Waals surface area contributed by atoms with Gasteiger partial charge in [0.05, 0.1) is 5.02 Å². The minimum Gasteiger partial charge on any atom is -0.380 e. The summed E-state index contributed by atoms with van der Waals surface area (Å²) in [4.78, 5) is 0.764. The molecule has 0 aliphatic carbocycles. The van der Waals surface area contributed by atoms with Crippen molar-refractivity contribution in [3.63, 3.8) is 0 Å². The first kappa shape index (κ1) is 11.7. The molecular formula is C9H6ClF3N4. The van der Waals surface area contributed by atoms with Crippen LogP contribution in [0, 0.1) is 0 Å². The Labute approximate surface area is 98.8 Å². The summed E-state index contributed by atoms with van der Waals surface area (Å²) in [5.41, 5.74) is 4.17. The molecule has 0 aliphatic rings. The maximum atomic E-state index is 12.4. The molecule has 8 heteroatoms. The maximum Gasteiger partial charge on any atom is 0.438 e. The Morgan fingerprint density at radius 1 is 1.18 bits per heavy atom. The molecule has 2 aromatic rings. The first-order chi connectivity index (χ1) is 7.89. The van der Waals surface area contributed by atoms with Crippen molar-refractivity contribution in [1.29, 1.82) is 0 Å². The normalized spacial score (nSPS) is 11.8. The Kier molecular flexibility index (Phi) is 2.70. The van der Waals surface area contributed by atoms with E-state index in [4.69, 9.17) is 17.3 Å². The molecule has 2 N–H and O–H groups in total. The minimum atomic E-state index is -4.64. The van der Waals surface area contributed by atoms with Crippen LogP contribution in [0.4, 0.5) is 19.0 Å². The van der Waals surface area contributed by atoms with E-state index in [9.17, 15) is 13.2 Å². The molecule has 0 fully saturated rings. The van der Waals surface area contributed by atoms with E-state index in [1.807, 2.05) is 0 Å². The Balaban J connectivity index is 2.53. The molecule has 2 rings (SSSR count). The molecule has 0 saturated carbocycles. The van der Waals surface area contributed by atoms with E-state index in [-0.39, 0.29) is 10.7 Å². The summed E-state index contributed by atoms with van der Waals surface area (Å²) in [5, 5.41) is 7.00. The Morgan fingerprint density at radius 3 is 2.35 bits per heavy atom. The van der Waals surface area contributed by atoms with Crippen LogP contribution in [-0.2, 0) is 6.18 Å². The van der Waals surface area contributed by atoms with Gasteiger partial charge in [-0.05, 0) is 12.1 Å². The predicted octanol–water partition coefficient (Wildman–Crippen LogP) is 2.52. The number of nitrogens with zero attached hydrogens (tertiary/aromatic N) is 3. The smallest absolute Gasteiger partial charge is 0.380 e. The lowest BCUT2D eigenvalue weighted by atomic mass is 10.3. The molecule has 0 spiro atoms. The fourth-order valence-electron chi connectivity index (χ4n) is 1.24. The van der Waals surface area contributed by atoms with Crippen LogP contribution in [0.25, 0.3) is 5.69 Å². The summed E-state index contributed by atoms with van der Waals surface area (Å²) in [5.74, 6) is -0.683. The van der Waals surface area contributed by atoms with Gasteiger partial charge in [-0.15, -0.1) is 15.0 Å². The van der Waals surface area contributed by atoms with Gasteiger partial charge in [0, 0.05) is 0 Å². The molecule has 17 heavy (non-hydrogen) atoms. The number of alkyl halides is 3. The molecule has 0 atom stereocenters. The summed E-state index contributed by atoms with van der Waals surface area (Å²) in [7, 11) is 0. The number of nitrogens with two attached hydrogens (primary N) is 1. The first-order valence-electron chi connectivity index (χ1n) is 4.44. The lowest BCUT2D eigenvalue weighted by Gasteiger charge is -2.02. The zero-order valence-electron chi connectivity index (χ0n) is 8.24. The zero-order valence-corrected chi connectivity index (χ0v) is 9.00. The van der Waals surface area contributed by atoms with Gasteiger partial charge in [0.1, 0.15) is 5.69 Å². The second kappa shape index (κ2) is 3.92. The van der Waals surface area contributed by atoms with Crippen LogP contribution in [0.5, 0.6) is 0 Å². The van der Waals surface area contributed by atoms with E-state index in [2.05, 4.69) is 10.2 Å². The van der Waals surface area contributed by atoms with E-state index < -0.39 is 17.7 Å². The lowest BCUT2D eigenvalue weighted by Crippen LogP contribution is -2.09. The van der Waals surface area contributed by atoms with Gasteiger partial charge >= 0.3 is 6.18 Å². The van der Waals surface area contributed by atoms with Crippen LogP contribution < -0.4 is 5.73 Å². The number of hydrogen-bond acceptors (Lipinski definition) is 3. The molecule has 0 amide bonds. The van der Waals surface area contributed by atoms with Crippen LogP contribution in [-0.4, -0.2) is 15.0 Å². The van der Waals surface area contributed by atoms with Crippen molar-refractivity contribution in [2.24, 2.45) is 0 Å². The van der Waals surface area contributed by atoms with E-state index in [0.717, 1.165) is 4.80 Å². The second-order valence-corrected chi connectivity index (χ2v) is 3.58.